The van der Waals surface area contributed by atoms with Crippen LogP contribution in [0, 0.1) is 6.92 Å². The highest BCUT2D eigenvalue weighted by Crippen LogP contribution is 2.32. The molecule has 3 heterocycles. The second-order valence-corrected chi connectivity index (χ2v) is 8.17. The van der Waals surface area contributed by atoms with E-state index in [-0.39, 0.29) is 5.91 Å². The Hall–Kier alpha value is -1.92. The summed E-state index contributed by atoms with van der Waals surface area (Å²) in [5, 5.41) is 3.78. The van der Waals surface area contributed by atoms with Gasteiger partial charge in [0.25, 0.3) is 5.91 Å². The van der Waals surface area contributed by atoms with Gasteiger partial charge in [0, 0.05) is 24.0 Å². The highest BCUT2D eigenvalue weighted by atomic mass is 32.2. The van der Waals surface area contributed by atoms with Crippen LogP contribution in [0.5, 0.6) is 0 Å². The number of aryl methyl sites for hydroxylation is 1. The Kier molecular flexibility index (Phi) is 4.48. The lowest BCUT2D eigenvalue weighted by Crippen LogP contribution is -2.30. The first kappa shape index (κ1) is 16.5. The van der Waals surface area contributed by atoms with E-state index in [1.165, 1.54) is 36.6 Å². The molecule has 1 aromatic carbocycles. The number of pyridine rings is 1. The summed E-state index contributed by atoms with van der Waals surface area (Å²) in [7, 11) is 0. The number of hydrogen-bond acceptors (Lipinski definition) is 5. The maximum atomic E-state index is 12.1. The normalized spacial score (nSPS) is 19.7. The number of thiocarbonyl (C=S) groups is 1. The lowest BCUT2D eigenvalue weighted by molar-refractivity contribution is -0.115. The maximum Gasteiger partial charge on any atom is 0.263 e. The molecule has 0 bridgehead atoms. The third-order valence-corrected chi connectivity index (χ3v) is 5.80. The van der Waals surface area contributed by atoms with E-state index in [0.29, 0.717) is 9.23 Å². The molecule has 0 atom stereocenters. The van der Waals surface area contributed by atoms with Gasteiger partial charge in [-0.15, -0.1) is 0 Å². The highest BCUT2D eigenvalue weighted by molar-refractivity contribution is 8.26. The van der Waals surface area contributed by atoms with E-state index in [4.69, 9.17) is 17.2 Å². The minimum atomic E-state index is -0.121. The number of anilines is 1. The number of para-hydroxylation sites is 1. The molecule has 0 saturated carbocycles. The van der Waals surface area contributed by atoms with E-state index in [1.807, 2.05) is 12.1 Å². The molecular weight excluding hydrogens is 350 g/mol. The summed E-state index contributed by atoms with van der Waals surface area (Å²) in [6.45, 7) is 4.11. The zero-order valence-corrected chi connectivity index (χ0v) is 15.7. The number of nitrogens with zero attached hydrogens (tertiary/aromatic N) is 2. The maximum absolute atomic E-state index is 12.1. The van der Waals surface area contributed by atoms with Gasteiger partial charge >= 0.3 is 0 Å². The van der Waals surface area contributed by atoms with E-state index in [1.54, 1.807) is 0 Å². The molecule has 25 heavy (non-hydrogen) atoms. The van der Waals surface area contributed by atoms with Gasteiger partial charge in [-0.3, -0.25) is 4.79 Å². The van der Waals surface area contributed by atoms with Crippen LogP contribution in [0.4, 0.5) is 5.82 Å². The predicted octanol–water partition coefficient (Wildman–Crippen LogP) is 4.02. The summed E-state index contributed by atoms with van der Waals surface area (Å²) in [6, 6.07) is 8.35. The van der Waals surface area contributed by atoms with Gasteiger partial charge in [-0.1, -0.05) is 42.2 Å². The fourth-order valence-corrected chi connectivity index (χ4v) is 4.42. The van der Waals surface area contributed by atoms with Crippen molar-refractivity contribution in [3.8, 4) is 0 Å². The summed E-state index contributed by atoms with van der Waals surface area (Å²) >= 11 is 6.42. The molecule has 128 valence electrons. The van der Waals surface area contributed by atoms with Crippen molar-refractivity contribution in [2.45, 2.75) is 26.2 Å². The van der Waals surface area contributed by atoms with E-state index in [2.05, 4.69) is 35.3 Å². The van der Waals surface area contributed by atoms with Gasteiger partial charge in [-0.2, -0.15) is 0 Å². The number of aromatic nitrogens is 1. The lowest BCUT2D eigenvalue weighted by atomic mass is 10.1. The molecule has 2 aliphatic heterocycles. The molecule has 0 unspecified atom stereocenters. The number of fused-ring (bicyclic) bond motifs is 1. The van der Waals surface area contributed by atoms with Crippen LogP contribution in [0.15, 0.2) is 29.2 Å². The molecule has 0 spiro atoms. The van der Waals surface area contributed by atoms with Crippen LogP contribution in [0.1, 0.15) is 30.4 Å². The molecule has 0 aliphatic carbocycles. The summed E-state index contributed by atoms with van der Waals surface area (Å²) < 4.78 is 0.514. The number of amides is 1. The van der Waals surface area contributed by atoms with Crippen LogP contribution >= 0.6 is 24.0 Å². The third kappa shape index (κ3) is 3.28. The molecule has 4 nitrogen and oxygen atoms in total. The molecule has 2 fully saturated rings. The van der Waals surface area contributed by atoms with Crippen LogP contribution in [0.25, 0.3) is 17.0 Å². The van der Waals surface area contributed by atoms with Crippen LogP contribution in [0.3, 0.4) is 0 Å². The number of hydrogen-bond donors (Lipinski definition) is 1. The Labute approximate surface area is 156 Å². The van der Waals surface area contributed by atoms with Crippen LogP contribution < -0.4 is 10.2 Å². The molecule has 6 heteroatoms. The zero-order chi connectivity index (χ0) is 17.4. The zero-order valence-electron chi connectivity index (χ0n) is 14.0. The van der Waals surface area contributed by atoms with Crippen molar-refractivity contribution in [1.29, 1.82) is 0 Å². The fourth-order valence-electron chi connectivity index (χ4n) is 3.38. The molecule has 1 aromatic heterocycles. The van der Waals surface area contributed by atoms with E-state index in [0.717, 1.165) is 35.4 Å². The first-order valence-electron chi connectivity index (χ1n) is 8.52. The van der Waals surface area contributed by atoms with Crippen molar-refractivity contribution in [3.63, 3.8) is 0 Å². The molecule has 1 amide bonds. The van der Waals surface area contributed by atoms with Gasteiger partial charge in [0.05, 0.1) is 10.4 Å². The minimum Gasteiger partial charge on any atom is -0.356 e. The smallest absolute Gasteiger partial charge is 0.263 e. The standard InChI is InChI=1S/C19H19N3OS2/c1-12-6-5-7-13-10-14(11-15-18(23)21-19(24)25-15)17(20-16(12)13)22-8-3-2-4-9-22/h5-7,10-11H,2-4,8-9H2,1H3,(H,21,23,24). The Morgan fingerprint density at radius 3 is 2.80 bits per heavy atom. The quantitative estimate of drug-likeness (QED) is 0.640. The number of nitrogens with one attached hydrogen (secondary N) is 1. The number of rotatable bonds is 2. The average molecular weight is 370 g/mol. The van der Waals surface area contributed by atoms with E-state index < -0.39 is 0 Å². The van der Waals surface area contributed by atoms with Crippen molar-refractivity contribution >= 4 is 57.0 Å². The summed E-state index contributed by atoms with van der Waals surface area (Å²) in [4.78, 5) is 20.0. The molecule has 0 radical (unpaired) electrons. The van der Waals surface area contributed by atoms with E-state index in [9.17, 15) is 4.79 Å². The van der Waals surface area contributed by atoms with Crippen LogP contribution in [0.2, 0.25) is 0 Å². The number of benzene rings is 1. The summed E-state index contributed by atoms with van der Waals surface area (Å²) in [5.41, 5.74) is 3.19. The summed E-state index contributed by atoms with van der Waals surface area (Å²) in [5.74, 6) is 0.851. The van der Waals surface area contributed by atoms with Gasteiger partial charge in [0.15, 0.2) is 0 Å². The molecular formula is C19H19N3OS2. The number of carbonyl (C=O) groups excluding carboxylic acids is 1. The molecule has 4 rings (SSSR count). The number of thioether (sulfide) groups is 1. The minimum absolute atomic E-state index is 0.121. The molecule has 1 N–H and O–H groups in total. The fraction of sp³-hybridized carbons (Fsp3) is 0.316. The summed E-state index contributed by atoms with van der Waals surface area (Å²) in [6.07, 6.45) is 5.57. The van der Waals surface area contributed by atoms with Crippen molar-refractivity contribution in [3.05, 3.63) is 40.3 Å². The van der Waals surface area contributed by atoms with Gasteiger partial charge < -0.3 is 10.2 Å². The first-order valence-corrected chi connectivity index (χ1v) is 9.74. The average Bonchev–Trinajstić information content (AvgIpc) is 2.93. The third-order valence-electron chi connectivity index (χ3n) is 4.64. The highest BCUT2D eigenvalue weighted by Gasteiger charge is 2.24. The molecule has 2 aliphatic rings. The SMILES string of the molecule is Cc1cccc2cc(C=C3SC(=S)NC3=O)c(N3CCCCC3)nc12. The second-order valence-electron chi connectivity index (χ2n) is 6.45. The lowest BCUT2D eigenvalue weighted by Gasteiger charge is -2.29. The van der Waals surface area contributed by atoms with Gasteiger partial charge in [-0.05, 0) is 43.9 Å². The Balaban J connectivity index is 1.87. The first-order chi connectivity index (χ1) is 12.1. The Morgan fingerprint density at radius 2 is 2.08 bits per heavy atom. The molecule has 2 aromatic rings. The van der Waals surface area contributed by atoms with Crippen molar-refractivity contribution < 1.29 is 4.79 Å². The molecule has 2 saturated heterocycles. The Morgan fingerprint density at radius 1 is 1.28 bits per heavy atom. The monoisotopic (exact) mass is 369 g/mol. The second kappa shape index (κ2) is 6.77. The van der Waals surface area contributed by atoms with Crippen LogP contribution in [-0.2, 0) is 4.79 Å². The Bertz CT molecular complexity index is 901. The van der Waals surface area contributed by atoms with E-state index >= 15 is 0 Å². The van der Waals surface area contributed by atoms with Crippen molar-refractivity contribution in [2.24, 2.45) is 0 Å². The van der Waals surface area contributed by atoms with Crippen LogP contribution in [-0.4, -0.2) is 28.3 Å². The van der Waals surface area contributed by atoms with Crippen molar-refractivity contribution in [1.82, 2.24) is 10.3 Å². The predicted molar refractivity (Wildman–Crippen MR) is 109 cm³/mol. The number of carbonyl (C=O) groups is 1. The van der Waals surface area contributed by atoms with Gasteiger partial charge in [-0.25, -0.2) is 4.98 Å². The number of piperidine rings is 1. The van der Waals surface area contributed by atoms with Gasteiger partial charge in [0.1, 0.15) is 10.1 Å². The topological polar surface area (TPSA) is 45.2 Å². The van der Waals surface area contributed by atoms with Gasteiger partial charge in [0.2, 0.25) is 0 Å². The largest absolute Gasteiger partial charge is 0.356 e. The van der Waals surface area contributed by atoms with Crippen molar-refractivity contribution in [2.75, 3.05) is 18.0 Å².